The topological polar surface area (TPSA) is 29.5 Å². The lowest BCUT2D eigenvalue weighted by Gasteiger charge is -2.10. The van der Waals surface area contributed by atoms with Crippen LogP contribution < -0.4 is 4.74 Å². The van der Waals surface area contributed by atoms with E-state index in [1.807, 2.05) is 0 Å². The summed E-state index contributed by atoms with van der Waals surface area (Å²) in [6.07, 6.45) is 0. The highest BCUT2D eigenvalue weighted by Gasteiger charge is 2.27. The van der Waals surface area contributed by atoms with Crippen LogP contribution in [0.3, 0.4) is 0 Å². The molecule has 0 atom stereocenters. The molecule has 0 aliphatic carbocycles. The van der Waals surface area contributed by atoms with Crippen molar-refractivity contribution in [1.82, 2.24) is 0 Å². The average Bonchev–Trinajstić information content (AvgIpc) is 2.41. The molecule has 1 N–H and O–H groups in total. The van der Waals surface area contributed by atoms with Gasteiger partial charge in [-0.25, -0.2) is 8.78 Å². The smallest absolute Gasteiger partial charge is 0.213 e. The van der Waals surface area contributed by atoms with Crippen LogP contribution in [0.1, 0.15) is 0 Å². The summed E-state index contributed by atoms with van der Waals surface area (Å²) in [5, 5.41) is 8.91. The predicted octanol–water partition coefficient (Wildman–Crippen LogP) is 3.88. The van der Waals surface area contributed by atoms with Crippen LogP contribution in [0.5, 0.6) is 17.2 Å². The summed E-state index contributed by atoms with van der Waals surface area (Å²) in [4.78, 5) is 0. The van der Waals surface area contributed by atoms with Crippen molar-refractivity contribution in [2.24, 2.45) is 0 Å². The van der Waals surface area contributed by atoms with Crippen LogP contribution >= 0.6 is 0 Å². The Labute approximate surface area is 103 Å². The number of aromatic hydroxyl groups is 1. The highest BCUT2D eigenvalue weighted by Crippen LogP contribution is 2.37. The SMILES string of the molecule is Oc1c(F)c(F)c(F)c(Oc2ccccc2F)c1F. The van der Waals surface area contributed by atoms with Crippen LogP contribution in [0.2, 0.25) is 0 Å². The third-order valence-corrected chi connectivity index (χ3v) is 2.25. The lowest BCUT2D eigenvalue weighted by molar-refractivity contribution is 0.319. The molecule has 0 unspecified atom stereocenters. The minimum absolute atomic E-state index is 0.606. The Kier molecular flexibility index (Phi) is 3.28. The van der Waals surface area contributed by atoms with Gasteiger partial charge in [0.25, 0.3) is 0 Å². The molecule has 0 aliphatic rings. The Hall–Kier alpha value is -2.31. The molecule has 0 saturated heterocycles. The van der Waals surface area contributed by atoms with Crippen molar-refractivity contribution in [1.29, 1.82) is 0 Å². The van der Waals surface area contributed by atoms with Gasteiger partial charge in [-0.3, -0.25) is 0 Å². The van der Waals surface area contributed by atoms with E-state index >= 15 is 0 Å². The van der Waals surface area contributed by atoms with Gasteiger partial charge in [-0.1, -0.05) is 12.1 Å². The zero-order valence-corrected chi connectivity index (χ0v) is 9.05. The van der Waals surface area contributed by atoms with Crippen molar-refractivity contribution in [3.05, 3.63) is 53.4 Å². The first kappa shape index (κ1) is 13.1. The van der Waals surface area contributed by atoms with Crippen molar-refractivity contribution in [3.8, 4) is 17.2 Å². The number of hydrogen-bond acceptors (Lipinski definition) is 2. The Morgan fingerprint density at radius 3 is 2.05 bits per heavy atom. The molecular weight excluding hydrogens is 271 g/mol. The van der Waals surface area contributed by atoms with Gasteiger partial charge in [0.1, 0.15) is 0 Å². The maximum absolute atomic E-state index is 13.4. The average molecular weight is 276 g/mol. The second-order valence-electron chi connectivity index (χ2n) is 3.47. The standard InChI is InChI=1S/C12H5F5O2/c13-5-3-1-2-4-6(5)19-12-9(16)7(14)8(15)11(18)10(12)17/h1-4,18H. The summed E-state index contributed by atoms with van der Waals surface area (Å²) in [6, 6.07) is 4.54. The molecule has 0 heterocycles. The van der Waals surface area contributed by atoms with Crippen LogP contribution in [0.25, 0.3) is 0 Å². The maximum atomic E-state index is 13.4. The Balaban J connectivity index is 2.56. The molecule has 0 amide bonds. The summed E-state index contributed by atoms with van der Waals surface area (Å²) in [5.41, 5.74) is 0. The summed E-state index contributed by atoms with van der Waals surface area (Å²) >= 11 is 0. The zero-order valence-electron chi connectivity index (χ0n) is 9.05. The van der Waals surface area contributed by atoms with Crippen molar-refractivity contribution in [2.75, 3.05) is 0 Å². The molecule has 2 aromatic rings. The number of benzene rings is 2. The predicted molar refractivity (Wildman–Crippen MR) is 54.4 cm³/mol. The molecule has 2 nitrogen and oxygen atoms in total. The number of phenols is 1. The van der Waals surface area contributed by atoms with Gasteiger partial charge >= 0.3 is 0 Å². The quantitative estimate of drug-likeness (QED) is 0.512. The first-order chi connectivity index (χ1) is 8.93. The van der Waals surface area contributed by atoms with Gasteiger partial charge in [-0.05, 0) is 12.1 Å². The molecule has 0 bridgehead atoms. The molecule has 0 fully saturated rings. The van der Waals surface area contributed by atoms with Crippen LogP contribution in [-0.2, 0) is 0 Å². The number of rotatable bonds is 2. The summed E-state index contributed by atoms with van der Waals surface area (Å²) in [6.45, 7) is 0. The van der Waals surface area contributed by atoms with Gasteiger partial charge in [-0.2, -0.15) is 13.2 Å². The number of phenolic OH excluding ortho intramolecular Hbond substituents is 1. The molecule has 7 heteroatoms. The molecule has 0 aliphatic heterocycles. The largest absolute Gasteiger partial charge is 0.503 e. The fourth-order valence-electron chi connectivity index (χ4n) is 1.33. The minimum Gasteiger partial charge on any atom is -0.503 e. The van der Waals surface area contributed by atoms with E-state index < -0.39 is 46.3 Å². The van der Waals surface area contributed by atoms with Crippen molar-refractivity contribution >= 4 is 0 Å². The highest BCUT2D eigenvalue weighted by molar-refractivity contribution is 5.41. The molecule has 0 spiro atoms. The Bertz CT molecular complexity index is 613. The molecule has 0 radical (unpaired) electrons. The van der Waals surface area contributed by atoms with E-state index in [-0.39, 0.29) is 0 Å². The van der Waals surface area contributed by atoms with E-state index in [0.717, 1.165) is 12.1 Å². The lowest BCUT2D eigenvalue weighted by Crippen LogP contribution is -2.01. The van der Waals surface area contributed by atoms with Gasteiger partial charge < -0.3 is 9.84 Å². The molecule has 2 rings (SSSR count). The zero-order chi connectivity index (χ0) is 14.2. The monoisotopic (exact) mass is 276 g/mol. The van der Waals surface area contributed by atoms with Gasteiger partial charge in [0.05, 0.1) is 0 Å². The Morgan fingerprint density at radius 2 is 1.42 bits per heavy atom. The molecule has 0 saturated carbocycles. The fourth-order valence-corrected chi connectivity index (χ4v) is 1.33. The molecule has 100 valence electrons. The normalized spacial score (nSPS) is 10.6. The molecule has 0 aromatic heterocycles. The summed E-state index contributed by atoms with van der Waals surface area (Å²) in [5.74, 6) is -12.8. The van der Waals surface area contributed by atoms with Crippen molar-refractivity contribution in [3.63, 3.8) is 0 Å². The van der Waals surface area contributed by atoms with E-state index in [1.54, 1.807) is 0 Å². The van der Waals surface area contributed by atoms with Crippen LogP contribution in [0.4, 0.5) is 22.0 Å². The second-order valence-corrected chi connectivity index (χ2v) is 3.47. The second kappa shape index (κ2) is 4.75. The lowest BCUT2D eigenvalue weighted by atomic mass is 10.2. The van der Waals surface area contributed by atoms with Crippen LogP contribution in [0.15, 0.2) is 24.3 Å². The third-order valence-electron chi connectivity index (χ3n) is 2.25. The number of halogens is 5. The van der Waals surface area contributed by atoms with Gasteiger partial charge in [-0.15, -0.1) is 0 Å². The number of ether oxygens (including phenoxy) is 1. The van der Waals surface area contributed by atoms with Crippen LogP contribution in [-0.4, -0.2) is 5.11 Å². The Morgan fingerprint density at radius 1 is 0.789 bits per heavy atom. The molecule has 2 aromatic carbocycles. The maximum Gasteiger partial charge on any atom is 0.213 e. The van der Waals surface area contributed by atoms with Gasteiger partial charge in [0, 0.05) is 0 Å². The first-order valence-corrected chi connectivity index (χ1v) is 4.90. The molecule has 19 heavy (non-hydrogen) atoms. The van der Waals surface area contributed by atoms with Crippen molar-refractivity contribution < 1.29 is 31.8 Å². The minimum atomic E-state index is -2.12. The van der Waals surface area contributed by atoms with Gasteiger partial charge in [0.2, 0.25) is 29.0 Å². The van der Waals surface area contributed by atoms with Gasteiger partial charge in [0.15, 0.2) is 17.3 Å². The molecular formula is C12H5F5O2. The van der Waals surface area contributed by atoms with E-state index in [9.17, 15) is 22.0 Å². The van der Waals surface area contributed by atoms with Crippen LogP contribution in [0, 0.1) is 29.1 Å². The third kappa shape index (κ3) is 2.18. The number of hydrogen-bond donors (Lipinski definition) is 1. The first-order valence-electron chi connectivity index (χ1n) is 4.90. The van der Waals surface area contributed by atoms with E-state index in [4.69, 9.17) is 5.11 Å². The summed E-state index contributed by atoms with van der Waals surface area (Å²) < 4.78 is 70.2. The summed E-state index contributed by atoms with van der Waals surface area (Å²) in [7, 11) is 0. The van der Waals surface area contributed by atoms with Crippen molar-refractivity contribution in [2.45, 2.75) is 0 Å². The van der Waals surface area contributed by atoms with E-state index in [0.29, 0.717) is 0 Å². The van der Waals surface area contributed by atoms with E-state index in [2.05, 4.69) is 4.74 Å². The highest BCUT2D eigenvalue weighted by atomic mass is 19.2. The number of para-hydroxylation sites is 1. The fraction of sp³-hybridized carbons (Fsp3) is 0. The van der Waals surface area contributed by atoms with E-state index in [1.165, 1.54) is 12.1 Å².